The summed E-state index contributed by atoms with van der Waals surface area (Å²) in [5.41, 5.74) is 2.83. The maximum atomic E-state index is 13.0. The van der Waals surface area contributed by atoms with E-state index in [9.17, 15) is 9.18 Å². The van der Waals surface area contributed by atoms with E-state index in [-0.39, 0.29) is 17.8 Å². The first-order valence-electron chi connectivity index (χ1n) is 8.95. The third-order valence-electron chi connectivity index (χ3n) is 4.02. The van der Waals surface area contributed by atoms with Gasteiger partial charge in [0.15, 0.2) is 0 Å². The quantitative estimate of drug-likeness (QED) is 0.642. The summed E-state index contributed by atoms with van der Waals surface area (Å²) >= 11 is 0. The molecule has 1 amide bonds. The highest BCUT2D eigenvalue weighted by atomic mass is 19.1. The molecule has 28 heavy (non-hydrogen) atoms. The molecule has 0 aliphatic heterocycles. The fraction of sp³-hybridized carbons (Fsp3) is 0.130. The average molecular weight is 376 g/mol. The van der Waals surface area contributed by atoms with Crippen molar-refractivity contribution in [3.63, 3.8) is 0 Å². The first-order valence-corrected chi connectivity index (χ1v) is 8.95. The van der Waals surface area contributed by atoms with Crippen LogP contribution < -0.4 is 10.1 Å². The third kappa shape index (κ3) is 5.51. The minimum absolute atomic E-state index is 0.0481. The SMILES string of the molecule is CC(=O)N[C@@H](C)/C=C/c1ccc(Oc2ccc(-c3ccc(F)cc3)cc2)nc1. The summed E-state index contributed by atoms with van der Waals surface area (Å²) in [5.74, 6) is 0.838. The zero-order chi connectivity index (χ0) is 19.9. The summed E-state index contributed by atoms with van der Waals surface area (Å²) in [6, 6.07) is 17.5. The van der Waals surface area contributed by atoms with E-state index in [2.05, 4.69) is 10.3 Å². The molecule has 0 saturated heterocycles. The number of rotatable bonds is 6. The number of carbonyl (C=O) groups excluding carboxylic acids is 1. The van der Waals surface area contributed by atoms with E-state index in [0.717, 1.165) is 16.7 Å². The molecule has 3 aromatic rings. The van der Waals surface area contributed by atoms with Gasteiger partial charge in [0.1, 0.15) is 11.6 Å². The first kappa shape index (κ1) is 19.3. The van der Waals surface area contributed by atoms with E-state index in [1.54, 1.807) is 24.4 Å². The minimum atomic E-state index is -0.252. The normalized spacial score (nSPS) is 12.0. The lowest BCUT2D eigenvalue weighted by Crippen LogP contribution is -2.28. The maximum Gasteiger partial charge on any atom is 0.219 e. The lowest BCUT2D eigenvalue weighted by atomic mass is 10.1. The van der Waals surface area contributed by atoms with Gasteiger partial charge in [0.2, 0.25) is 11.8 Å². The Morgan fingerprint density at radius 1 is 1.04 bits per heavy atom. The molecule has 2 aromatic carbocycles. The van der Waals surface area contributed by atoms with Crippen molar-refractivity contribution in [2.45, 2.75) is 19.9 Å². The van der Waals surface area contributed by atoms with Crippen LogP contribution in [-0.2, 0) is 4.79 Å². The van der Waals surface area contributed by atoms with Crippen molar-refractivity contribution in [3.8, 4) is 22.8 Å². The fourth-order valence-corrected chi connectivity index (χ4v) is 2.65. The van der Waals surface area contributed by atoms with Crippen LogP contribution in [0.3, 0.4) is 0 Å². The molecule has 0 unspecified atom stereocenters. The molecule has 1 heterocycles. The van der Waals surface area contributed by atoms with Gasteiger partial charge < -0.3 is 10.1 Å². The predicted molar refractivity (Wildman–Crippen MR) is 108 cm³/mol. The molecule has 5 heteroatoms. The van der Waals surface area contributed by atoms with E-state index >= 15 is 0 Å². The molecule has 0 radical (unpaired) electrons. The van der Waals surface area contributed by atoms with Gasteiger partial charge in [0.25, 0.3) is 0 Å². The minimum Gasteiger partial charge on any atom is -0.439 e. The average Bonchev–Trinajstić information content (AvgIpc) is 2.68. The van der Waals surface area contributed by atoms with Crippen LogP contribution >= 0.6 is 0 Å². The maximum absolute atomic E-state index is 13.0. The Morgan fingerprint density at radius 3 is 2.25 bits per heavy atom. The number of nitrogens with zero attached hydrogens (tertiary/aromatic N) is 1. The van der Waals surface area contributed by atoms with Crippen molar-refractivity contribution >= 4 is 12.0 Å². The van der Waals surface area contributed by atoms with Crippen molar-refractivity contribution in [1.82, 2.24) is 10.3 Å². The van der Waals surface area contributed by atoms with Crippen LogP contribution in [0.4, 0.5) is 4.39 Å². The molecule has 0 bridgehead atoms. The van der Waals surface area contributed by atoms with Gasteiger partial charge in [-0.25, -0.2) is 9.37 Å². The van der Waals surface area contributed by atoms with Gasteiger partial charge in [-0.15, -0.1) is 0 Å². The molecule has 0 fully saturated rings. The Balaban J connectivity index is 1.61. The largest absolute Gasteiger partial charge is 0.439 e. The van der Waals surface area contributed by atoms with Gasteiger partial charge in [0.05, 0.1) is 0 Å². The van der Waals surface area contributed by atoms with Crippen LogP contribution in [0.2, 0.25) is 0 Å². The summed E-state index contributed by atoms with van der Waals surface area (Å²) in [7, 11) is 0. The van der Waals surface area contributed by atoms with Crippen LogP contribution in [0.25, 0.3) is 17.2 Å². The zero-order valence-electron chi connectivity index (χ0n) is 15.7. The van der Waals surface area contributed by atoms with Gasteiger partial charge in [-0.2, -0.15) is 0 Å². The van der Waals surface area contributed by atoms with Crippen molar-refractivity contribution in [2.24, 2.45) is 0 Å². The van der Waals surface area contributed by atoms with Gasteiger partial charge in [-0.05, 0) is 53.9 Å². The van der Waals surface area contributed by atoms with Gasteiger partial charge in [-0.3, -0.25) is 4.79 Å². The molecule has 4 nitrogen and oxygen atoms in total. The molecule has 1 atom stereocenters. The molecule has 0 aliphatic rings. The number of ether oxygens (including phenoxy) is 1. The number of pyridine rings is 1. The predicted octanol–water partition coefficient (Wildman–Crippen LogP) is 5.22. The van der Waals surface area contributed by atoms with E-state index in [0.29, 0.717) is 11.6 Å². The Bertz CT molecular complexity index is 949. The molecule has 1 N–H and O–H groups in total. The monoisotopic (exact) mass is 376 g/mol. The summed E-state index contributed by atoms with van der Waals surface area (Å²) in [4.78, 5) is 15.3. The van der Waals surface area contributed by atoms with E-state index < -0.39 is 0 Å². The highest BCUT2D eigenvalue weighted by Gasteiger charge is 2.02. The van der Waals surface area contributed by atoms with Crippen molar-refractivity contribution in [1.29, 1.82) is 0 Å². The second kappa shape index (κ2) is 8.95. The van der Waals surface area contributed by atoms with Gasteiger partial charge in [0, 0.05) is 25.2 Å². The Labute approximate surface area is 163 Å². The van der Waals surface area contributed by atoms with Crippen LogP contribution in [0.15, 0.2) is 72.9 Å². The van der Waals surface area contributed by atoms with Crippen molar-refractivity contribution in [2.75, 3.05) is 0 Å². The highest BCUT2D eigenvalue weighted by molar-refractivity contribution is 5.73. The molecule has 3 rings (SSSR count). The van der Waals surface area contributed by atoms with Crippen LogP contribution in [0.5, 0.6) is 11.6 Å². The molecule has 142 valence electrons. The molecule has 0 aliphatic carbocycles. The zero-order valence-corrected chi connectivity index (χ0v) is 15.7. The Morgan fingerprint density at radius 2 is 1.68 bits per heavy atom. The molecule has 0 spiro atoms. The summed E-state index contributed by atoms with van der Waals surface area (Å²) < 4.78 is 18.8. The van der Waals surface area contributed by atoms with Crippen LogP contribution in [-0.4, -0.2) is 16.9 Å². The van der Waals surface area contributed by atoms with E-state index in [4.69, 9.17) is 4.74 Å². The number of hydrogen-bond acceptors (Lipinski definition) is 3. The van der Waals surface area contributed by atoms with E-state index in [1.807, 2.05) is 49.4 Å². The highest BCUT2D eigenvalue weighted by Crippen LogP contribution is 2.25. The summed E-state index contributed by atoms with van der Waals surface area (Å²) in [6.07, 6.45) is 5.50. The number of hydrogen-bond donors (Lipinski definition) is 1. The van der Waals surface area contributed by atoms with Crippen molar-refractivity contribution < 1.29 is 13.9 Å². The summed E-state index contributed by atoms with van der Waals surface area (Å²) in [6.45, 7) is 3.39. The second-order valence-corrected chi connectivity index (χ2v) is 6.41. The second-order valence-electron chi connectivity index (χ2n) is 6.41. The lowest BCUT2D eigenvalue weighted by molar-refractivity contribution is -0.119. The molecular weight excluding hydrogens is 355 g/mol. The third-order valence-corrected chi connectivity index (χ3v) is 4.02. The Hall–Kier alpha value is -3.47. The Kier molecular flexibility index (Phi) is 6.17. The number of halogens is 1. The van der Waals surface area contributed by atoms with Gasteiger partial charge >= 0.3 is 0 Å². The standard InChI is InChI=1S/C23H21FN2O2/c1-16(26-17(2)27)3-4-18-5-14-23(25-15-18)28-22-12-8-20(9-13-22)19-6-10-21(24)11-7-19/h3-16H,1-2H3,(H,26,27)/b4-3+/t16-/m0/s1. The number of benzene rings is 2. The number of carbonyl (C=O) groups is 1. The molecule has 1 aromatic heterocycles. The summed E-state index contributed by atoms with van der Waals surface area (Å²) in [5, 5.41) is 2.79. The number of aromatic nitrogens is 1. The molecule has 0 saturated carbocycles. The van der Waals surface area contributed by atoms with E-state index in [1.165, 1.54) is 19.1 Å². The number of amides is 1. The number of nitrogens with one attached hydrogen (secondary N) is 1. The van der Waals surface area contributed by atoms with Crippen LogP contribution in [0, 0.1) is 5.82 Å². The van der Waals surface area contributed by atoms with Gasteiger partial charge in [-0.1, -0.05) is 36.4 Å². The smallest absolute Gasteiger partial charge is 0.219 e. The lowest BCUT2D eigenvalue weighted by Gasteiger charge is -2.07. The van der Waals surface area contributed by atoms with Crippen molar-refractivity contribution in [3.05, 3.63) is 84.3 Å². The first-order chi connectivity index (χ1) is 13.5. The topological polar surface area (TPSA) is 51.2 Å². The molecular formula is C23H21FN2O2. The van der Waals surface area contributed by atoms with Crippen LogP contribution in [0.1, 0.15) is 19.4 Å². The fourth-order valence-electron chi connectivity index (χ4n) is 2.65.